The third-order valence-corrected chi connectivity index (χ3v) is 4.69. The van der Waals surface area contributed by atoms with E-state index in [-0.39, 0.29) is 11.3 Å². The zero-order valence-corrected chi connectivity index (χ0v) is 15.7. The number of hydrogen-bond acceptors (Lipinski definition) is 4. The second-order valence-corrected chi connectivity index (χ2v) is 7.66. The van der Waals surface area contributed by atoms with Gasteiger partial charge in [0.2, 0.25) is 5.91 Å². The van der Waals surface area contributed by atoms with Gasteiger partial charge in [-0.25, -0.2) is 4.79 Å². The molecule has 1 heterocycles. The average molecular weight is 357 g/mol. The highest BCUT2D eigenvalue weighted by Gasteiger charge is 2.23. The van der Waals surface area contributed by atoms with Crippen molar-refractivity contribution in [2.45, 2.75) is 32.2 Å². The van der Waals surface area contributed by atoms with Gasteiger partial charge in [-0.3, -0.25) is 4.79 Å². The van der Waals surface area contributed by atoms with Crippen molar-refractivity contribution in [1.29, 1.82) is 0 Å². The number of carbonyl (C=O) groups excluding carboxylic acids is 2. The molecular formula is C20H23NO3S. The molecule has 1 atom stereocenters. The Morgan fingerprint density at radius 3 is 2.36 bits per heavy atom. The summed E-state index contributed by atoms with van der Waals surface area (Å²) >= 11 is 1.40. The number of methoxy groups -OCH3 is 1. The van der Waals surface area contributed by atoms with E-state index in [4.69, 9.17) is 4.74 Å². The number of esters is 1. The van der Waals surface area contributed by atoms with Crippen molar-refractivity contribution < 1.29 is 14.3 Å². The number of amides is 1. The molecule has 0 aliphatic heterocycles. The van der Waals surface area contributed by atoms with Crippen LogP contribution in [0.3, 0.4) is 0 Å². The van der Waals surface area contributed by atoms with Crippen molar-refractivity contribution in [3.63, 3.8) is 0 Å². The molecule has 4 nitrogen and oxygen atoms in total. The fourth-order valence-electron chi connectivity index (χ4n) is 2.28. The quantitative estimate of drug-likeness (QED) is 0.648. The lowest BCUT2D eigenvalue weighted by molar-refractivity contribution is -0.144. The first-order chi connectivity index (χ1) is 11.8. The van der Waals surface area contributed by atoms with Crippen LogP contribution in [0.1, 0.15) is 42.8 Å². The molecule has 1 aromatic carbocycles. The Morgan fingerprint density at radius 2 is 1.84 bits per heavy atom. The highest BCUT2D eigenvalue weighted by Crippen LogP contribution is 2.23. The van der Waals surface area contributed by atoms with Crippen molar-refractivity contribution in [3.05, 3.63) is 63.9 Å². The molecule has 1 amide bonds. The third-order valence-electron chi connectivity index (χ3n) is 3.76. The monoisotopic (exact) mass is 357 g/mol. The molecule has 1 N–H and O–H groups in total. The molecule has 2 rings (SSSR count). The van der Waals surface area contributed by atoms with Crippen LogP contribution in [0.25, 0.3) is 6.08 Å². The molecule has 25 heavy (non-hydrogen) atoms. The van der Waals surface area contributed by atoms with Crippen LogP contribution in [0.5, 0.6) is 0 Å². The topological polar surface area (TPSA) is 55.4 Å². The maximum Gasteiger partial charge on any atom is 0.333 e. The molecule has 0 bridgehead atoms. The summed E-state index contributed by atoms with van der Waals surface area (Å²) in [6, 6.07) is 10.9. The minimum Gasteiger partial charge on any atom is -0.467 e. The number of ether oxygens (including phenoxy) is 1. The zero-order chi connectivity index (χ0) is 18.4. The normalized spacial score (nSPS) is 12.8. The molecule has 1 aromatic heterocycles. The molecule has 132 valence electrons. The van der Waals surface area contributed by atoms with Crippen LogP contribution in [0, 0.1) is 0 Å². The maximum atomic E-state index is 12.2. The molecule has 2 aromatic rings. The van der Waals surface area contributed by atoms with E-state index >= 15 is 0 Å². The lowest BCUT2D eigenvalue weighted by atomic mass is 9.87. The first-order valence-electron chi connectivity index (χ1n) is 8.01. The smallest absolute Gasteiger partial charge is 0.333 e. The van der Waals surface area contributed by atoms with Gasteiger partial charge in [-0.2, -0.15) is 0 Å². The van der Waals surface area contributed by atoms with Gasteiger partial charge < -0.3 is 10.1 Å². The average Bonchev–Trinajstić information content (AvgIpc) is 3.11. The van der Waals surface area contributed by atoms with Crippen LogP contribution in [-0.4, -0.2) is 19.0 Å². The zero-order valence-electron chi connectivity index (χ0n) is 14.9. The van der Waals surface area contributed by atoms with Gasteiger partial charge in [-0.05, 0) is 34.1 Å². The fourth-order valence-corrected chi connectivity index (χ4v) is 3.04. The summed E-state index contributed by atoms with van der Waals surface area (Å²) in [6.07, 6.45) is 3.15. The van der Waals surface area contributed by atoms with Crippen LogP contribution in [0.15, 0.2) is 47.9 Å². The van der Waals surface area contributed by atoms with Crippen LogP contribution in [-0.2, 0) is 19.7 Å². The molecule has 0 aliphatic carbocycles. The van der Waals surface area contributed by atoms with E-state index in [9.17, 15) is 9.59 Å². The minimum absolute atomic E-state index is 0.0913. The van der Waals surface area contributed by atoms with Crippen molar-refractivity contribution in [2.75, 3.05) is 7.11 Å². The second kappa shape index (κ2) is 8.12. The molecule has 0 radical (unpaired) electrons. The summed E-state index contributed by atoms with van der Waals surface area (Å²) in [7, 11) is 1.31. The first-order valence-corrected chi connectivity index (χ1v) is 8.89. The van der Waals surface area contributed by atoms with E-state index in [1.54, 1.807) is 12.1 Å². The molecule has 0 fully saturated rings. The first kappa shape index (κ1) is 18.9. The van der Waals surface area contributed by atoms with Crippen LogP contribution in [0.4, 0.5) is 0 Å². The highest BCUT2D eigenvalue weighted by atomic mass is 32.1. The van der Waals surface area contributed by atoms with Crippen molar-refractivity contribution in [1.82, 2.24) is 5.32 Å². The van der Waals surface area contributed by atoms with Gasteiger partial charge >= 0.3 is 5.97 Å². The standard InChI is InChI=1S/C20H23NO3S/c1-20(2,3)15-10-7-14(8-11-15)9-12-17(22)21-18(19(23)24-4)16-6-5-13-25-16/h5-13,18H,1-4H3,(H,21,22). The lowest BCUT2D eigenvalue weighted by Gasteiger charge is -2.18. The van der Waals surface area contributed by atoms with E-state index in [1.807, 2.05) is 23.6 Å². The second-order valence-electron chi connectivity index (χ2n) is 6.69. The summed E-state index contributed by atoms with van der Waals surface area (Å²) < 4.78 is 4.77. The van der Waals surface area contributed by atoms with E-state index in [1.165, 1.54) is 30.1 Å². The lowest BCUT2D eigenvalue weighted by Crippen LogP contribution is -2.32. The maximum absolute atomic E-state index is 12.2. The molecule has 0 saturated carbocycles. The third kappa shape index (κ3) is 5.29. The Hall–Kier alpha value is -2.40. The van der Waals surface area contributed by atoms with Crippen molar-refractivity contribution in [2.24, 2.45) is 0 Å². The fraction of sp³-hybridized carbons (Fsp3) is 0.300. The van der Waals surface area contributed by atoms with Gasteiger partial charge in [0.25, 0.3) is 0 Å². The van der Waals surface area contributed by atoms with Gasteiger partial charge in [-0.1, -0.05) is 51.1 Å². The van der Waals surface area contributed by atoms with Gasteiger partial charge in [0.05, 0.1) is 7.11 Å². The highest BCUT2D eigenvalue weighted by molar-refractivity contribution is 7.10. The van der Waals surface area contributed by atoms with Gasteiger partial charge in [0.15, 0.2) is 6.04 Å². The Bertz CT molecular complexity index is 740. The molecule has 5 heteroatoms. The number of rotatable bonds is 5. The number of thiophene rings is 1. The number of nitrogens with one attached hydrogen (secondary N) is 1. The molecule has 0 spiro atoms. The summed E-state index contributed by atoms with van der Waals surface area (Å²) in [6.45, 7) is 6.47. The summed E-state index contributed by atoms with van der Waals surface area (Å²) in [5.74, 6) is -0.831. The summed E-state index contributed by atoms with van der Waals surface area (Å²) in [5.41, 5.74) is 2.25. The Morgan fingerprint density at radius 1 is 1.16 bits per heavy atom. The molecule has 1 unspecified atom stereocenters. The SMILES string of the molecule is COC(=O)C(NC(=O)C=Cc1ccc(C(C)(C)C)cc1)c1cccs1. The van der Waals surface area contributed by atoms with Crippen LogP contribution < -0.4 is 5.32 Å². The molecule has 0 aliphatic rings. The Labute approximate surface area is 152 Å². The Balaban J connectivity index is 2.05. The predicted molar refractivity (Wildman–Crippen MR) is 101 cm³/mol. The van der Waals surface area contributed by atoms with Crippen LogP contribution in [0.2, 0.25) is 0 Å². The summed E-state index contributed by atoms with van der Waals surface area (Å²) in [5, 5.41) is 4.54. The van der Waals surface area contributed by atoms with Gasteiger partial charge in [0.1, 0.15) is 0 Å². The summed E-state index contributed by atoms with van der Waals surface area (Å²) in [4.78, 5) is 24.8. The number of hydrogen-bond donors (Lipinski definition) is 1. The van der Waals surface area contributed by atoms with Crippen molar-refractivity contribution in [3.8, 4) is 0 Å². The van der Waals surface area contributed by atoms with Crippen LogP contribution >= 0.6 is 11.3 Å². The number of benzene rings is 1. The van der Waals surface area contributed by atoms with E-state index < -0.39 is 12.0 Å². The largest absolute Gasteiger partial charge is 0.467 e. The van der Waals surface area contributed by atoms with Crippen molar-refractivity contribution >= 4 is 29.3 Å². The van der Waals surface area contributed by atoms with Gasteiger partial charge in [0, 0.05) is 11.0 Å². The molecular weight excluding hydrogens is 334 g/mol. The molecule has 0 saturated heterocycles. The number of carbonyl (C=O) groups is 2. The Kier molecular flexibility index (Phi) is 6.15. The predicted octanol–water partition coefficient (Wildman–Crippen LogP) is 4.09. The van der Waals surface area contributed by atoms with Gasteiger partial charge in [-0.15, -0.1) is 11.3 Å². The van der Waals surface area contributed by atoms with E-state index in [0.29, 0.717) is 0 Å². The van der Waals surface area contributed by atoms with E-state index in [0.717, 1.165) is 10.4 Å². The van der Waals surface area contributed by atoms with E-state index in [2.05, 4.69) is 38.2 Å². The minimum atomic E-state index is -0.787.